The van der Waals surface area contributed by atoms with Gasteiger partial charge in [-0.3, -0.25) is 0 Å². The molecule has 6 aliphatic rings. The zero-order chi connectivity index (χ0) is 47.6. The van der Waals surface area contributed by atoms with Gasteiger partial charge in [-0.15, -0.1) is 0 Å². The lowest BCUT2D eigenvalue weighted by atomic mass is 10.00. The van der Waals surface area contributed by atoms with E-state index in [9.17, 15) is 20.4 Å². The molecule has 0 aromatic carbocycles. The van der Waals surface area contributed by atoms with Crippen molar-refractivity contribution in [2.24, 2.45) is 35.5 Å². The maximum Gasteiger partial charge on any atom is 0.181 e. The van der Waals surface area contributed by atoms with Crippen molar-refractivity contribution in [3.8, 4) is 0 Å². The molecule has 62 heavy (non-hydrogen) atoms. The average molecular weight is 903 g/mol. The van der Waals surface area contributed by atoms with E-state index in [-0.39, 0.29) is 81.0 Å². The largest absolute Gasteiger partial charge is 0.394 e. The van der Waals surface area contributed by atoms with Gasteiger partial charge in [0.1, 0.15) is 42.7 Å². The van der Waals surface area contributed by atoms with Crippen LogP contribution in [0.1, 0.15) is 115 Å². The van der Waals surface area contributed by atoms with Gasteiger partial charge in [0.05, 0.1) is 88.0 Å². The first kappa shape index (κ1) is 59.3. The Morgan fingerprint density at radius 3 is 1.16 bits per heavy atom. The molecule has 0 saturated carbocycles. The lowest BCUT2D eigenvalue weighted by Crippen LogP contribution is -2.35. The summed E-state index contributed by atoms with van der Waals surface area (Å²) in [6, 6.07) is 0. The molecule has 6 rings (SSSR count). The van der Waals surface area contributed by atoms with E-state index >= 15 is 0 Å². The second-order valence-electron chi connectivity index (χ2n) is 19.5. The van der Waals surface area contributed by atoms with Gasteiger partial charge in [-0.05, 0) is 48.3 Å². The lowest BCUT2D eigenvalue weighted by Gasteiger charge is -2.17. The third-order valence-corrected chi connectivity index (χ3v) is 12.0. The SMILES string of the molecule is CC(C)C1CC(O)C(CO)O1.CC(C)C1CC(O)C(O)O1.CC(C)C1CC(O)CO1.CC(C)C1CCC(CO)O1.CC(C)C1OC(CO)C(O)C1O.CC(C)C1OCC(O)C1O. The highest BCUT2D eigenvalue weighted by atomic mass is 16.6. The van der Waals surface area contributed by atoms with E-state index in [1.807, 2.05) is 41.5 Å². The quantitative estimate of drug-likeness (QED) is 0.155. The Kier molecular flexibility index (Phi) is 28.6. The minimum atomic E-state index is -0.965. The standard InChI is InChI=1S/C8H16O4.C8H16O3.C8H16O2.2C7H14O3.C7H14O2/c1-4(2)8-7(11)6(10)5(3-9)12-8;1-5(2)7-3-6(10)8(4-9)11-7;1-6(2)8-4-3-7(5-9)10-8;1-4(2)7-6(9)5(8)3-10-7;1-4(2)6-3-5(8)7(9)10-6;1-5(2)7-3-6(8)4-9-7/h4-11H,3H2,1-2H3;5-10H,3-4H2,1-2H3;6-9H,3-5H2,1-2H3;2*4-9H,3H2,1-2H3;5-8H,3-4H2,1-2H3. The summed E-state index contributed by atoms with van der Waals surface area (Å²) in [4.78, 5) is 0. The van der Waals surface area contributed by atoms with Crippen molar-refractivity contribution in [2.45, 2.75) is 219 Å². The minimum absolute atomic E-state index is 0.0185. The normalized spacial score (nSPS) is 39.0. The van der Waals surface area contributed by atoms with Crippen LogP contribution in [0.2, 0.25) is 0 Å². The molecule has 17 atom stereocenters. The van der Waals surface area contributed by atoms with Crippen LogP contribution in [0.3, 0.4) is 0 Å². The Bertz CT molecular complexity index is 1120. The topological polar surface area (TPSA) is 278 Å². The van der Waals surface area contributed by atoms with Crippen LogP contribution in [0, 0.1) is 35.5 Å². The molecular weight excluding hydrogens is 812 g/mol. The van der Waals surface area contributed by atoms with Gasteiger partial charge in [-0.25, -0.2) is 0 Å². The fourth-order valence-corrected chi connectivity index (χ4v) is 7.62. The maximum absolute atomic E-state index is 9.44. The maximum atomic E-state index is 9.44. The molecule has 17 heteroatoms. The van der Waals surface area contributed by atoms with Gasteiger partial charge in [0.15, 0.2) is 6.29 Å². The van der Waals surface area contributed by atoms with E-state index in [2.05, 4.69) is 41.5 Å². The molecule has 11 N–H and O–H groups in total. The molecule has 17 nitrogen and oxygen atoms in total. The third-order valence-electron chi connectivity index (χ3n) is 12.0. The zero-order valence-corrected chi connectivity index (χ0v) is 39.7. The molecule has 6 fully saturated rings. The molecule has 6 heterocycles. The molecule has 0 radical (unpaired) electrons. The first-order valence-electron chi connectivity index (χ1n) is 23.0. The summed E-state index contributed by atoms with van der Waals surface area (Å²) < 4.78 is 31.6. The van der Waals surface area contributed by atoms with Crippen LogP contribution in [0.25, 0.3) is 0 Å². The first-order chi connectivity index (χ1) is 28.9. The molecule has 17 unspecified atom stereocenters. The Morgan fingerprint density at radius 2 is 0.919 bits per heavy atom. The van der Waals surface area contributed by atoms with Crippen molar-refractivity contribution in [2.75, 3.05) is 33.0 Å². The Labute approximate surface area is 371 Å². The van der Waals surface area contributed by atoms with E-state index in [0.29, 0.717) is 55.3 Å². The van der Waals surface area contributed by atoms with Crippen molar-refractivity contribution in [3.05, 3.63) is 0 Å². The van der Waals surface area contributed by atoms with E-state index in [1.54, 1.807) is 0 Å². The minimum Gasteiger partial charge on any atom is -0.394 e. The Balaban J connectivity index is 0.000000373. The van der Waals surface area contributed by atoms with Crippen LogP contribution in [-0.4, -0.2) is 193 Å². The summed E-state index contributed by atoms with van der Waals surface area (Å²) >= 11 is 0. The number of aliphatic hydroxyl groups excluding tert-OH is 11. The second kappa shape index (κ2) is 29.9. The van der Waals surface area contributed by atoms with Gasteiger partial charge < -0.3 is 84.6 Å². The summed E-state index contributed by atoms with van der Waals surface area (Å²) in [6.45, 7) is 25.1. The third kappa shape index (κ3) is 20.0. The van der Waals surface area contributed by atoms with Crippen LogP contribution in [0.5, 0.6) is 0 Å². The van der Waals surface area contributed by atoms with E-state index < -0.39 is 49.0 Å². The summed E-state index contributed by atoms with van der Waals surface area (Å²) in [7, 11) is 0. The second-order valence-corrected chi connectivity index (χ2v) is 19.5. The van der Waals surface area contributed by atoms with Gasteiger partial charge in [0.2, 0.25) is 0 Å². The van der Waals surface area contributed by atoms with E-state index in [1.165, 1.54) is 0 Å². The van der Waals surface area contributed by atoms with E-state index in [4.69, 9.17) is 64.2 Å². The number of hydrogen-bond acceptors (Lipinski definition) is 17. The molecule has 0 aliphatic carbocycles. The van der Waals surface area contributed by atoms with Crippen molar-refractivity contribution in [1.82, 2.24) is 0 Å². The van der Waals surface area contributed by atoms with Gasteiger partial charge in [-0.2, -0.15) is 0 Å². The van der Waals surface area contributed by atoms with Crippen LogP contribution < -0.4 is 0 Å². The predicted octanol–water partition coefficient (Wildman–Crippen LogP) is 1.13. The van der Waals surface area contributed by atoms with Crippen molar-refractivity contribution in [3.63, 3.8) is 0 Å². The molecule has 0 aromatic rings. The van der Waals surface area contributed by atoms with Crippen molar-refractivity contribution in [1.29, 1.82) is 0 Å². The molecule has 0 spiro atoms. The van der Waals surface area contributed by atoms with Crippen LogP contribution >= 0.6 is 0 Å². The van der Waals surface area contributed by atoms with Gasteiger partial charge in [0, 0.05) is 19.3 Å². The lowest BCUT2D eigenvalue weighted by molar-refractivity contribution is -0.133. The van der Waals surface area contributed by atoms with Crippen molar-refractivity contribution < 1.29 is 84.6 Å². The zero-order valence-electron chi connectivity index (χ0n) is 39.7. The molecule has 0 amide bonds. The van der Waals surface area contributed by atoms with Gasteiger partial charge in [0.25, 0.3) is 0 Å². The van der Waals surface area contributed by atoms with Gasteiger partial charge in [-0.1, -0.05) is 83.1 Å². The van der Waals surface area contributed by atoms with Crippen molar-refractivity contribution >= 4 is 0 Å². The number of ether oxygens (including phenoxy) is 6. The molecular formula is C45H90O17. The Hall–Kier alpha value is -0.680. The summed E-state index contributed by atoms with van der Waals surface area (Å²) in [5, 5.41) is 99.7. The predicted molar refractivity (Wildman–Crippen MR) is 232 cm³/mol. The number of aliphatic hydroxyl groups is 11. The highest BCUT2D eigenvalue weighted by Crippen LogP contribution is 2.28. The summed E-state index contributed by atoms with van der Waals surface area (Å²) in [5.41, 5.74) is 0. The smallest absolute Gasteiger partial charge is 0.181 e. The van der Waals surface area contributed by atoms with Crippen LogP contribution in [0.4, 0.5) is 0 Å². The number of rotatable bonds is 9. The summed E-state index contributed by atoms with van der Waals surface area (Å²) in [5.74, 6) is 2.34. The van der Waals surface area contributed by atoms with Gasteiger partial charge >= 0.3 is 0 Å². The highest BCUT2D eigenvalue weighted by Gasteiger charge is 2.43. The van der Waals surface area contributed by atoms with E-state index in [0.717, 1.165) is 19.3 Å². The van der Waals surface area contributed by atoms with Crippen LogP contribution in [-0.2, 0) is 28.4 Å². The molecule has 0 bridgehead atoms. The Morgan fingerprint density at radius 1 is 0.403 bits per heavy atom. The molecule has 6 saturated heterocycles. The average Bonchev–Trinajstić information content (AvgIpc) is 4.08. The highest BCUT2D eigenvalue weighted by molar-refractivity contribution is 4.91. The first-order valence-corrected chi connectivity index (χ1v) is 23.0. The fourth-order valence-electron chi connectivity index (χ4n) is 7.62. The fraction of sp³-hybridized carbons (Fsp3) is 1.00. The molecule has 0 aromatic heterocycles. The number of hydrogen-bond donors (Lipinski definition) is 11. The van der Waals surface area contributed by atoms with Crippen LogP contribution in [0.15, 0.2) is 0 Å². The molecule has 372 valence electrons. The summed E-state index contributed by atoms with van der Waals surface area (Å²) in [6.07, 6.45) is -2.00. The monoisotopic (exact) mass is 903 g/mol. The molecule has 6 aliphatic heterocycles.